The molecule has 0 atom stereocenters. The molecule has 0 aliphatic heterocycles. The quantitative estimate of drug-likeness (QED) is 0.705. The minimum Gasteiger partial charge on any atom is -0.327 e. The Hall–Kier alpha value is -0.840. The van der Waals surface area contributed by atoms with Gasteiger partial charge < -0.3 is 9.47 Å². The van der Waals surface area contributed by atoms with Gasteiger partial charge in [0.25, 0.3) is 0 Å². The van der Waals surface area contributed by atoms with Crippen molar-refractivity contribution >= 4 is 34.2 Å². The number of hydrogen-bond acceptors (Lipinski definition) is 2. The Morgan fingerprint density at radius 1 is 1.29 bits per heavy atom. The molecule has 2 aromatic rings. The first kappa shape index (κ1) is 16.5. The molecule has 3 nitrogen and oxygen atoms in total. The van der Waals surface area contributed by atoms with Gasteiger partial charge in [-0.25, -0.2) is 9.37 Å². The molecule has 0 fully saturated rings. The van der Waals surface area contributed by atoms with Crippen molar-refractivity contribution in [1.82, 2.24) is 14.5 Å². The van der Waals surface area contributed by atoms with Crippen LogP contribution in [0, 0.1) is 5.82 Å². The van der Waals surface area contributed by atoms with E-state index in [-0.39, 0.29) is 5.02 Å². The van der Waals surface area contributed by atoms with E-state index < -0.39 is 5.82 Å². The summed E-state index contributed by atoms with van der Waals surface area (Å²) in [5, 5.41) is 0.119. The molecule has 0 bridgehead atoms. The van der Waals surface area contributed by atoms with E-state index in [1.807, 2.05) is 4.57 Å². The second-order valence-electron chi connectivity index (χ2n) is 4.95. The lowest BCUT2D eigenvalue weighted by Gasteiger charge is -2.18. The van der Waals surface area contributed by atoms with Gasteiger partial charge in [-0.3, -0.25) is 0 Å². The third kappa shape index (κ3) is 3.68. The van der Waals surface area contributed by atoms with Gasteiger partial charge in [-0.1, -0.05) is 25.4 Å². The van der Waals surface area contributed by atoms with Crippen LogP contribution in [0.15, 0.2) is 12.1 Å². The average Bonchev–Trinajstić information content (AvgIpc) is 2.81. The third-order valence-corrected chi connectivity index (χ3v) is 4.27. The minimum atomic E-state index is -0.446. The molecule has 0 unspecified atom stereocenters. The van der Waals surface area contributed by atoms with Crippen molar-refractivity contribution in [3.05, 3.63) is 28.8 Å². The van der Waals surface area contributed by atoms with Gasteiger partial charge in [-0.2, -0.15) is 0 Å². The van der Waals surface area contributed by atoms with Crippen molar-refractivity contribution in [1.29, 1.82) is 0 Å². The number of benzene rings is 1. The van der Waals surface area contributed by atoms with Crippen LogP contribution >= 0.6 is 23.2 Å². The lowest BCUT2D eigenvalue weighted by atomic mass is 10.3. The number of imidazole rings is 1. The Bertz CT molecular complexity index is 608. The highest BCUT2D eigenvalue weighted by molar-refractivity contribution is 6.31. The lowest BCUT2D eigenvalue weighted by molar-refractivity contribution is 0.293. The molecule has 21 heavy (non-hydrogen) atoms. The smallest absolute Gasteiger partial charge is 0.144 e. The zero-order valence-corrected chi connectivity index (χ0v) is 13.9. The SMILES string of the molecule is CCN(CC)CCCn1c(CCl)nc2cc(F)c(Cl)cc21. The topological polar surface area (TPSA) is 21.1 Å². The van der Waals surface area contributed by atoms with Gasteiger partial charge in [0.2, 0.25) is 0 Å². The molecule has 116 valence electrons. The van der Waals surface area contributed by atoms with Crippen molar-refractivity contribution in [3.63, 3.8) is 0 Å². The second-order valence-corrected chi connectivity index (χ2v) is 5.62. The minimum absolute atomic E-state index is 0.119. The van der Waals surface area contributed by atoms with E-state index in [1.165, 1.54) is 6.07 Å². The fourth-order valence-electron chi connectivity index (χ4n) is 2.51. The summed E-state index contributed by atoms with van der Waals surface area (Å²) < 4.78 is 15.6. The van der Waals surface area contributed by atoms with Crippen molar-refractivity contribution in [2.24, 2.45) is 0 Å². The van der Waals surface area contributed by atoms with Crippen LogP contribution in [0.25, 0.3) is 11.0 Å². The van der Waals surface area contributed by atoms with Gasteiger partial charge in [0, 0.05) is 12.6 Å². The molecule has 1 heterocycles. The predicted octanol–water partition coefficient (Wildman–Crippen LogP) is 4.30. The number of halogens is 3. The van der Waals surface area contributed by atoms with Gasteiger partial charge in [0.15, 0.2) is 0 Å². The predicted molar refractivity (Wildman–Crippen MR) is 86.7 cm³/mol. The summed E-state index contributed by atoms with van der Waals surface area (Å²) >= 11 is 11.8. The highest BCUT2D eigenvalue weighted by Crippen LogP contribution is 2.24. The number of alkyl halides is 1. The molecule has 1 aromatic heterocycles. The van der Waals surface area contributed by atoms with Crippen LogP contribution in [0.3, 0.4) is 0 Å². The average molecular weight is 332 g/mol. The normalized spacial score (nSPS) is 11.7. The molecule has 0 aliphatic rings. The van der Waals surface area contributed by atoms with Gasteiger partial charge in [0.1, 0.15) is 11.6 Å². The number of nitrogens with zero attached hydrogens (tertiary/aromatic N) is 3. The van der Waals surface area contributed by atoms with E-state index in [0.717, 1.165) is 43.9 Å². The summed E-state index contributed by atoms with van der Waals surface area (Å²) in [5.74, 6) is 0.616. The van der Waals surface area contributed by atoms with Gasteiger partial charge in [-0.15, -0.1) is 11.6 Å². The Morgan fingerprint density at radius 2 is 2.00 bits per heavy atom. The highest BCUT2D eigenvalue weighted by atomic mass is 35.5. The maximum Gasteiger partial charge on any atom is 0.144 e. The Morgan fingerprint density at radius 3 is 2.62 bits per heavy atom. The van der Waals surface area contributed by atoms with E-state index in [0.29, 0.717) is 11.4 Å². The molecule has 0 amide bonds. The maximum absolute atomic E-state index is 13.5. The summed E-state index contributed by atoms with van der Waals surface area (Å²) in [7, 11) is 0. The molecule has 0 saturated carbocycles. The molecule has 1 aromatic carbocycles. The van der Waals surface area contributed by atoms with Crippen LogP contribution in [-0.4, -0.2) is 34.1 Å². The van der Waals surface area contributed by atoms with Gasteiger partial charge in [0.05, 0.1) is 21.9 Å². The number of hydrogen-bond donors (Lipinski definition) is 0. The maximum atomic E-state index is 13.5. The summed E-state index contributed by atoms with van der Waals surface area (Å²) in [4.78, 5) is 6.76. The van der Waals surface area contributed by atoms with E-state index in [9.17, 15) is 4.39 Å². The number of fused-ring (bicyclic) bond motifs is 1. The number of rotatable bonds is 7. The molecule has 0 radical (unpaired) electrons. The molecule has 0 N–H and O–H groups in total. The monoisotopic (exact) mass is 331 g/mol. The number of aryl methyl sites for hydroxylation is 1. The van der Waals surface area contributed by atoms with Crippen LogP contribution < -0.4 is 0 Å². The first-order valence-electron chi connectivity index (χ1n) is 7.23. The molecule has 6 heteroatoms. The fraction of sp³-hybridized carbons (Fsp3) is 0.533. The van der Waals surface area contributed by atoms with Crippen molar-refractivity contribution < 1.29 is 4.39 Å². The van der Waals surface area contributed by atoms with Crippen molar-refractivity contribution in [3.8, 4) is 0 Å². The zero-order valence-electron chi connectivity index (χ0n) is 12.4. The summed E-state index contributed by atoms with van der Waals surface area (Å²) in [6, 6.07) is 3.00. The molecular weight excluding hydrogens is 312 g/mol. The van der Waals surface area contributed by atoms with Crippen LogP contribution in [0.5, 0.6) is 0 Å². The summed E-state index contributed by atoms with van der Waals surface area (Å²) in [5.41, 5.74) is 1.45. The Kier molecular flexibility index (Phi) is 5.85. The molecule has 2 rings (SSSR count). The van der Waals surface area contributed by atoms with Crippen molar-refractivity contribution in [2.75, 3.05) is 19.6 Å². The third-order valence-electron chi connectivity index (χ3n) is 3.74. The molecular formula is C15H20Cl2FN3. The van der Waals surface area contributed by atoms with E-state index in [1.54, 1.807) is 6.07 Å². The van der Waals surface area contributed by atoms with Crippen LogP contribution in [0.2, 0.25) is 5.02 Å². The largest absolute Gasteiger partial charge is 0.327 e. The first-order chi connectivity index (χ1) is 10.1. The second kappa shape index (κ2) is 7.43. The van der Waals surface area contributed by atoms with E-state index in [2.05, 4.69) is 23.7 Å². The lowest BCUT2D eigenvalue weighted by Crippen LogP contribution is -2.25. The van der Waals surface area contributed by atoms with E-state index in [4.69, 9.17) is 23.2 Å². The van der Waals surface area contributed by atoms with Crippen LogP contribution in [-0.2, 0) is 12.4 Å². The molecule has 0 spiro atoms. The Labute approximate surface area is 134 Å². The first-order valence-corrected chi connectivity index (χ1v) is 8.14. The summed E-state index contributed by atoms with van der Waals surface area (Å²) in [6.07, 6.45) is 0.992. The van der Waals surface area contributed by atoms with Crippen LogP contribution in [0.1, 0.15) is 26.1 Å². The fourth-order valence-corrected chi connectivity index (χ4v) is 2.88. The van der Waals surface area contributed by atoms with Crippen LogP contribution in [0.4, 0.5) is 4.39 Å². The van der Waals surface area contributed by atoms with Gasteiger partial charge >= 0.3 is 0 Å². The van der Waals surface area contributed by atoms with Crippen molar-refractivity contribution in [2.45, 2.75) is 32.7 Å². The van der Waals surface area contributed by atoms with E-state index >= 15 is 0 Å². The highest BCUT2D eigenvalue weighted by Gasteiger charge is 2.13. The Balaban J connectivity index is 2.23. The molecule has 0 aliphatic carbocycles. The standard InChI is InChI=1S/C15H20Cl2FN3/c1-3-20(4-2)6-5-7-21-14-8-11(17)12(18)9-13(14)19-15(21)10-16/h8-9H,3-7,10H2,1-2H3. The summed E-state index contributed by atoms with van der Waals surface area (Å²) in [6.45, 7) is 8.22. The number of aromatic nitrogens is 2. The van der Waals surface area contributed by atoms with Gasteiger partial charge in [-0.05, 0) is 32.1 Å². The zero-order chi connectivity index (χ0) is 15.4. The molecule has 0 saturated heterocycles.